The van der Waals surface area contributed by atoms with Gasteiger partial charge < -0.3 is 5.11 Å². The molecule has 1 aromatic carbocycles. The van der Waals surface area contributed by atoms with Crippen LogP contribution >= 0.6 is 0 Å². The van der Waals surface area contributed by atoms with E-state index in [1.807, 2.05) is 37.3 Å². The molecule has 1 aliphatic rings. The molecule has 0 aliphatic heterocycles. The van der Waals surface area contributed by atoms with E-state index >= 15 is 0 Å². The Hall–Kier alpha value is -1.33. The van der Waals surface area contributed by atoms with Gasteiger partial charge >= 0.3 is 0 Å². The molecule has 0 heterocycles. The van der Waals surface area contributed by atoms with Crippen molar-refractivity contribution in [2.45, 2.75) is 51.6 Å². The second-order valence-electron chi connectivity index (χ2n) is 6.33. The van der Waals surface area contributed by atoms with Crippen LogP contribution in [0.15, 0.2) is 30.3 Å². The van der Waals surface area contributed by atoms with Crippen LogP contribution in [-0.2, 0) is 6.42 Å². The van der Waals surface area contributed by atoms with Gasteiger partial charge in [-0.3, -0.25) is 0 Å². The first-order valence-electron chi connectivity index (χ1n) is 7.17. The fraction of sp³-hybridized carbons (Fsp3) is 0.588. The highest BCUT2D eigenvalue weighted by molar-refractivity contribution is 5.21. The SMILES string of the molecule is CC1CCCC(C#N)(C(C)(O)Cc2ccccc2)C1. The van der Waals surface area contributed by atoms with Crippen molar-refractivity contribution < 1.29 is 5.11 Å². The van der Waals surface area contributed by atoms with Crippen LogP contribution in [0.2, 0.25) is 0 Å². The molecule has 0 bridgehead atoms. The third-order valence-corrected chi connectivity index (χ3v) is 4.63. The van der Waals surface area contributed by atoms with Crippen LogP contribution in [-0.4, -0.2) is 10.7 Å². The molecule has 0 radical (unpaired) electrons. The Balaban J connectivity index is 2.23. The third-order valence-electron chi connectivity index (χ3n) is 4.63. The molecule has 2 rings (SSSR count). The molecule has 2 nitrogen and oxygen atoms in total. The lowest BCUT2D eigenvalue weighted by Crippen LogP contribution is -2.49. The number of benzene rings is 1. The van der Waals surface area contributed by atoms with Crippen molar-refractivity contribution >= 4 is 0 Å². The van der Waals surface area contributed by atoms with Crippen LogP contribution in [0.5, 0.6) is 0 Å². The fourth-order valence-electron chi connectivity index (χ4n) is 3.42. The molecule has 2 heteroatoms. The number of hydrogen-bond acceptors (Lipinski definition) is 2. The lowest BCUT2D eigenvalue weighted by molar-refractivity contribution is -0.0655. The second kappa shape index (κ2) is 5.35. The summed E-state index contributed by atoms with van der Waals surface area (Å²) in [7, 11) is 0. The second-order valence-corrected chi connectivity index (χ2v) is 6.33. The average molecular weight is 257 g/mol. The molecule has 1 N–H and O–H groups in total. The summed E-state index contributed by atoms with van der Waals surface area (Å²) < 4.78 is 0. The van der Waals surface area contributed by atoms with Crippen molar-refractivity contribution in [3.63, 3.8) is 0 Å². The molecular formula is C17H23NO. The first-order chi connectivity index (χ1) is 8.99. The van der Waals surface area contributed by atoms with Gasteiger partial charge in [0.1, 0.15) is 0 Å². The molecule has 102 valence electrons. The zero-order valence-electron chi connectivity index (χ0n) is 11.9. The Morgan fingerprint density at radius 1 is 1.42 bits per heavy atom. The standard InChI is InChI=1S/C17H23NO/c1-14-7-6-10-17(11-14,13-18)16(2,19)12-15-8-4-3-5-9-15/h3-5,8-9,14,19H,6-7,10-12H2,1-2H3. The largest absolute Gasteiger partial charge is 0.388 e. The molecule has 0 aromatic heterocycles. The van der Waals surface area contributed by atoms with Crippen LogP contribution in [0.25, 0.3) is 0 Å². The van der Waals surface area contributed by atoms with E-state index in [-0.39, 0.29) is 0 Å². The number of rotatable bonds is 3. The summed E-state index contributed by atoms with van der Waals surface area (Å²) in [5.41, 5.74) is -0.460. The van der Waals surface area contributed by atoms with Crippen molar-refractivity contribution in [1.29, 1.82) is 5.26 Å². The van der Waals surface area contributed by atoms with Crippen molar-refractivity contribution in [1.82, 2.24) is 0 Å². The van der Waals surface area contributed by atoms with E-state index in [0.29, 0.717) is 12.3 Å². The molecule has 19 heavy (non-hydrogen) atoms. The van der Waals surface area contributed by atoms with Crippen molar-refractivity contribution in [2.75, 3.05) is 0 Å². The van der Waals surface area contributed by atoms with E-state index < -0.39 is 11.0 Å². The Labute approximate surface area is 116 Å². The van der Waals surface area contributed by atoms with Gasteiger partial charge in [0.25, 0.3) is 0 Å². The van der Waals surface area contributed by atoms with Gasteiger partial charge in [0.15, 0.2) is 0 Å². The van der Waals surface area contributed by atoms with E-state index in [9.17, 15) is 10.4 Å². The summed E-state index contributed by atoms with van der Waals surface area (Å²) in [4.78, 5) is 0. The predicted molar refractivity (Wildman–Crippen MR) is 76.4 cm³/mol. The van der Waals surface area contributed by atoms with E-state index in [1.165, 1.54) is 6.42 Å². The maximum atomic E-state index is 10.9. The maximum Gasteiger partial charge on any atom is 0.0863 e. The predicted octanol–water partition coefficient (Wildman–Crippen LogP) is 3.70. The molecule has 1 aliphatic carbocycles. The fourth-order valence-corrected chi connectivity index (χ4v) is 3.42. The Kier molecular flexibility index (Phi) is 3.96. The monoisotopic (exact) mass is 257 g/mol. The molecule has 0 amide bonds. The molecule has 1 saturated carbocycles. The Morgan fingerprint density at radius 2 is 2.11 bits per heavy atom. The molecular weight excluding hydrogens is 234 g/mol. The zero-order valence-corrected chi connectivity index (χ0v) is 11.9. The minimum Gasteiger partial charge on any atom is -0.388 e. The van der Waals surface area contributed by atoms with Crippen LogP contribution in [0, 0.1) is 22.7 Å². The van der Waals surface area contributed by atoms with Gasteiger partial charge in [-0.15, -0.1) is 0 Å². The minimum atomic E-state index is -0.961. The third kappa shape index (κ3) is 2.82. The minimum absolute atomic E-state index is 0.524. The van der Waals surface area contributed by atoms with E-state index in [2.05, 4.69) is 13.0 Å². The smallest absolute Gasteiger partial charge is 0.0863 e. The lowest BCUT2D eigenvalue weighted by Gasteiger charge is -2.45. The molecule has 1 aromatic rings. The van der Waals surface area contributed by atoms with Crippen molar-refractivity contribution in [2.24, 2.45) is 11.3 Å². The zero-order chi connectivity index (χ0) is 13.9. The summed E-state index contributed by atoms with van der Waals surface area (Å²) in [5, 5.41) is 20.6. The first kappa shape index (κ1) is 14.1. The van der Waals surface area contributed by atoms with Gasteiger partial charge in [0, 0.05) is 6.42 Å². The Bertz CT molecular complexity index is 460. The van der Waals surface area contributed by atoms with E-state index in [1.54, 1.807) is 0 Å². The van der Waals surface area contributed by atoms with E-state index in [0.717, 1.165) is 24.8 Å². The van der Waals surface area contributed by atoms with Gasteiger partial charge in [-0.05, 0) is 31.2 Å². The normalized spacial score (nSPS) is 30.3. The van der Waals surface area contributed by atoms with Crippen LogP contribution in [0.3, 0.4) is 0 Å². The Morgan fingerprint density at radius 3 is 2.68 bits per heavy atom. The van der Waals surface area contributed by atoms with Crippen LogP contribution in [0.1, 0.15) is 45.1 Å². The lowest BCUT2D eigenvalue weighted by atomic mass is 9.61. The van der Waals surface area contributed by atoms with Gasteiger partial charge in [-0.2, -0.15) is 5.26 Å². The number of aliphatic hydroxyl groups is 1. The van der Waals surface area contributed by atoms with Gasteiger partial charge in [0.05, 0.1) is 17.1 Å². The van der Waals surface area contributed by atoms with Crippen molar-refractivity contribution in [3.8, 4) is 6.07 Å². The molecule has 3 unspecified atom stereocenters. The molecule has 3 atom stereocenters. The van der Waals surface area contributed by atoms with Crippen molar-refractivity contribution in [3.05, 3.63) is 35.9 Å². The number of hydrogen-bond donors (Lipinski definition) is 1. The topological polar surface area (TPSA) is 44.0 Å². The summed E-state index contributed by atoms with van der Waals surface area (Å²) in [5.74, 6) is 0.524. The molecule has 1 fully saturated rings. The first-order valence-corrected chi connectivity index (χ1v) is 7.17. The van der Waals surface area contributed by atoms with Gasteiger partial charge in [0.2, 0.25) is 0 Å². The summed E-state index contributed by atoms with van der Waals surface area (Å²) in [6, 6.07) is 12.4. The highest BCUT2D eigenvalue weighted by Crippen LogP contribution is 2.47. The number of nitrogens with zero attached hydrogens (tertiary/aromatic N) is 1. The molecule has 0 saturated heterocycles. The van der Waals surface area contributed by atoms with Crippen LogP contribution in [0.4, 0.5) is 0 Å². The average Bonchev–Trinajstić information content (AvgIpc) is 2.39. The highest BCUT2D eigenvalue weighted by atomic mass is 16.3. The van der Waals surface area contributed by atoms with Crippen LogP contribution < -0.4 is 0 Å². The molecule has 0 spiro atoms. The summed E-state index contributed by atoms with van der Waals surface area (Å²) in [6.07, 6.45) is 4.38. The summed E-state index contributed by atoms with van der Waals surface area (Å²) in [6.45, 7) is 4.02. The maximum absolute atomic E-state index is 10.9. The van der Waals surface area contributed by atoms with Gasteiger partial charge in [-0.1, -0.05) is 50.1 Å². The number of nitriles is 1. The van der Waals surface area contributed by atoms with Gasteiger partial charge in [-0.25, -0.2) is 0 Å². The highest BCUT2D eigenvalue weighted by Gasteiger charge is 2.49. The van der Waals surface area contributed by atoms with E-state index in [4.69, 9.17) is 0 Å². The summed E-state index contributed by atoms with van der Waals surface area (Å²) >= 11 is 0. The quantitative estimate of drug-likeness (QED) is 0.897.